The monoisotopic (exact) mass is 416 g/mol. The molecule has 0 bridgehead atoms. The molecule has 1 N–H and O–H groups in total. The van der Waals surface area contributed by atoms with Crippen molar-refractivity contribution in [3.05, 3.63) is 102 Å². The zero-order valence-corrected chi connectivity index (χ0v) is 16.1. The Morgan fingerprint density at radius 3 is 1.71 bits per heavy atom. The molecule has 0 radical (unpaired) electrons. The summed E-state index contributed by atoms with van der Waals surface area (Å²) in [7, 11) is 0. The Morgan fingerprint density at radius 1 is 0.710 bits per heavy atom. The lowest BCUT2D eigenvalue weighted by Crippen LogP contribution is -2.09. The van der Waals surface area contributed by atoms with Gasteiger partial charge < -0.3 is 23.4 Å². The molecule has 31 heavy (non-hydrogen) atoms. The van der Waals surface area contributed by atoms with E-state index in [-0.39, 0.29) is 28.8 Å². The number of hydrogen-bond acceptors (Lipinski definition) is 7. The van der Waals surface area contributed by atoms with Crippen LogP contribution in [0.25, 0.3) is 12.2 Å². The minimum atomic E-state index is -0.687. The van der Waals surface area contributed by atoms with E-state index in [0.717, 1.165) is 5.56 Å². The quantitative estimate of drug-likeness (QED) is 0.262. The van der Waals surface area contributed by atoms with Crippen LogP contribution < -0.4 is 9.47 Å². The van der Waals surface area contributed by atoms with Gasteiger partial charge in [-0.1, -0.05) is 24.3 Å². The summed E-state index contributed by atoms with van der Waals surface area (Å²) in [6.07, 6.45) is 6.28. The summed E-state index contributed by atoms with van der Waals surface area (Å²) in [6, 6.07) is 17.4. The molecule has 0 spiro atoms. The number of aromatic hydroxyl groups is 1. The van der Waals surface area contributed by atoms with Gasteiger partial charge in [0.05, 0.1) is 12.5 Å². The first-order chi connectivity index (χ1) is 15.1. The second-order valence-electron chi connectivity index (χ2n) is 6.40. The number of phenols is 1. The molecule has 4 aromatic rings. The minimum absolute atomic E-state index is 0.0409. The van der Waals surface area contributed by atoms with Crippen molar-refractivity contribution in [3.63, 3.8) is 0 Å². The van der Waals surface area contributed by atoms with Crippen LogP contribution in [0.15, 0.2) is 88.1 Å². The number of hydrogen-bond donors (Lipinski definition) is 1. The van der Waals surface area contributed by atoms with E-state index in [1.54, 1.807) is 60.7 Å². The van der Waals surface area contributed by atoms with Crippen molar-refractivity contribution in [2.75, 3.05) is 0 Å². The number of phenolic OH excluding ortho intramolecular Hbond substituents is 1. The molecule has 0 fully saturated rings. The van der Waals surface area contributed by atoms with Gasteiger partial charge in [-0.3, -0.25) is 0 Å². The maximum absolute atomic E-state index is 12.2. The highest BCUT2D eigenvalue weighted by molar-refractivity contribution is 5.89. The molecule has 0 saturated heterocycles. The summed E-state index contributed by atoms with van der Waals surface area (Å²) in [4.78, 5) is 24.5. The van der Waals surface area contributed by atoms with Gasteiger partial charge in [-0.2, -0.15) is 0 Å². The molecule has 154 valence electrons. The summed E-state index contributed by atoms with van der Waals surface area (Å²) >= 11 is 0. The Bertz CT molecular complexity index is 1140. The molecular weight excluding hydrogens is 400 g/mol. The third-order valence-electron chi connectivity index (χ3n) is 4.13. The third kappa shape index (κ3) is 5.10. The Morgan fingerprint density at radius 2 is 1.23 bits per heavy atom. The largest absolute Gasteiger partial charge is 0.508 e. The van der Waals surface area contributed by atoms with Crippen LogP contribution in [-0.4, -0.2) is 17.0 Å². The molecular formula is C24H16O7. The fourth-order valence-corrected chi connectivity index (χ4v) is 2.69. The summed E-state index contributed by atoms with van der Waals surface area (Å²) in [5.74, 6) is -0.802. The van der Waals surface area contributed by atoms with Crippen LogP contribution >= 0.6 is 0 Å². The third-order valence-corrected chi connectivity index (χ3v) is 4.13. The first-order valence-corrected chi connectivity index (χ1v) is 9.20. The van der Waals surface area contributed by atoms with E-state index in [1.807, 2.05) is 0 Å². The maximum Gasteiger partial charge on any atom is 0.379 e. The summed E-state index contributed by atoms with van der Waals surface area (Å²) in [5, 5.41) is 9.40. The first kappa shape index (κ1) is 19.8. The molecule has 2 heterocycles. The number of carbonyl (C=O) groups excluding carboxylic acids is 2. The summed E-state index contributed by atoms with van der Waals surface area (Å²) in [6.45, 7) is 0. The predicted molar refractivity (Wildman–Crippen MR) is 111 cm³/mol. The van der Waals surface area contributed by atoms with Crippen LogP contribution in [0.2, 0.25) is 0 Å². The van der Waals surface area contributed by atoms with Gasteiger partial charge in [0.25, 0.3) is 0 Å². The molecule has 0 atom stereocenters. The van der Waals surface area contributed by atoms with Crippen LogP contribution in [0.1, 0.15) is 32.2 Å². The van der Waals surface area contributed by atoms with E-state index < -0.39 is 11.9 Å². The van der Waals surface area contributed by atoms with E-state index in [1.165, 1.54) is 30.7 Å². The van der Waals surface area contributed by atoms with Crippen molar-refractivity contribution >= 4 is 24.1 Å². The summed E-state index contributed by atoms with van der Waals surface area (Å²) in [5.41, 5.74) is 1.45. The van der Waals surface area contributed by atoms with Crippen LogP contribution in [0, 0.1) is 0 Å². The van der Waals surface area contributed by atoms with E-state index in [0.29, 0.717) is 5.56 Å². The van der Waals surface area contributed by atoms with Crippen LogP contribution in [0.5, 0.6) is 17.2 Å². The zero-order valence-electron chi connectivity index (χ0n) is 16.1. The van der Waals surface area contributed by atoms with Crippen molar-refractivity contribution in [2.45, 2.75) is 0 Å². The highest BCUT2D eigenvalue weighted by atomic mass is 16.6. The normalized spacial score (nSPS) is 10.8. The molecule has 4 rings (SSSR count). The molecule has 2 aromatic carbocycles. The lowest BCUT2D eigenvalue weighted by Gasteiger charge is -2.08. The van der Waals surface area contributed by atoms with E-state index in [9.17, 15) is 14.7 Å². The second-order valence-corrected chi connectivity index (χ2v) is 6.40. The van der Waals surface area contributed by atoms with Gasteiger partial charge >= 0.3 is 11.9 Å². The number of carbonyl (C=O) groups is 2. The van der Waals surface area contributed by atoms with Crippen molar-refractivity contribution < 1.29 is 33.0 Å². The Hall–Kier alpha value is -4.52. The van der Waals surface area contributed by atoms with Crippen molar-refractivity contribution in [1.82, 2.24) is 0 Å². The second kappa shape index (κ2) is 8.87. The topological polar surface area (TPSA) is 99.1 Å². The fraction of sp³-hybridized carbons (Fsp3) is 0. The van der Waals surface area contributed by atoms with Crippen molar-refractivity contribution in [2.24, 2.45) is 0 Å². The van der Waals surface area contributed by atoms with Gasteiger partial charge in [-0.15, -0.1) is 0 Å². The van der Waals surface area contributed by atoms with Crippen LogP contribution in [0.4, 0.5) is 0 Å². The van der Waals surface area contributed by atoms with Crippen molar-refractivity contribution in [3.8, 4) is 17.2 Å². The number of benzene rings is 2. The van der Waals surface area contributed by atoms with Gasteiger partial charge in [-0.25, -0.2) is 9.59 Å². The van der Waals surface area contributed by atoms with Gasteiger partial charge in [-0.05, 0) is 59.7 Å². The van der Waals surface area contributed by atoms with Gasteiger partial charge in [0.15, 0.2) is 0 Å². The lowest BCUT2D eigenvalue weighted by molar-refractivity contribution is 0.0698. The molecule has 7 nitrogen and oxygen atoms in total. The molecule has 0 aliphatic rings. The molecule has 0 saturated carbocycles. The molecule has 0 unspecified atom stereocenters. The van der Waals surface area contributed by atoms with E-state index >= 15 is 0 Å². The van der Waals surface area contributed by atoms with E-state index in [2.05, 4.69) is 0 Å². The van der Waals surface area contributed by atoms with Gasteiger partial charge in [0.2, 0.25) is 11.5 Å². The molecule has 0 amide bonds. The molecule has 7 heteroatoms. The minimum Gasteiger partial charge on any atom is -0.508 e. The predicted octanol–water partition coefficient (Wildman–Crippen LogP) is 5.19. The standard InChI is InChI=1S/C24H16O7/c25-18-9-7-16(8-10-18)5-6-17-13-19(30-23(26)21-3-1-11-28-21)15-20(14-17)31-24(27)22-4-2-12-29-22/h1-15,25H/b6-5+. The first-order valence-electron chi connectivity index (χ1n) is 9.20. The number of esters is 2. The Kier molecular flexibility index (Phi) is 5.66. The lowest BCUT2D eigenvalue weighted by atomic mass is 10.1. The fourth-order valence-electron chi connectivity index (χ4n) is 2.69. The maximum atomic E-state index is 12.2. The van der Waals surface area contributed by atoms with Crippen LogP contribution in [-0.2, 0) is 0 Å². The summed E-state index contributed by atoms with van der Waals surface area (Å²) < 4.78 is 20.8. The smallest absolute Gasteiger partial charge is 0.379 e. The Labute approximate surface area is 176 Å². The van der Waals surface area contributed by atoms with Gasteiger partial charge in [0.1, 0.15) is 17.2 Å². The molecule has 2 aromatic heterocycles. The highest BCUT2D eigenvalue weighted by Gasteiger charge is 2.15. The number of ether oxygens (including phenoxy) is 2. The molecule has 0 aliphatic heterocycles. The SMILES string of the molecule is O=C(Oc1cc(/C=C/c2ccc(O)cc2)cc(OC(=O)c2ccco2)c1)c1ccco1. The Balaban J connectivity index is 1.61. The number of rotatable bonds is 6. The average molecular weight is 416 g/mol. The highest BCUT2D eigenvalue weighted by Crippen LogP contribution is 2.26. The van der Waals surface area contributed by atoms with Crippen LogP contribution in [0.3, 0.4) is 0 Å². The van der Waals surface area contributed by atoms with Crippen molar-refractivity contribution in [1.29, 1.82) is 0 Å². The number of furan rings is 2. The van der Waals surface area contributed by atoms with Gasteiger partial charge in [0, 0.05) is 6.07 Å². The molecule has 0 aliphatic carbocycles. The van der Waals surface area contributed by atoms with E-state index in [4.69, 9.17) is 18.3 Å². The average Bonchev–Trinajstić information content (AvgIpc) is 3.47. The zero-order chi connectivity index (χ0) is 21.6.